The highest BCUT2D eigenvalue weighted by atomic mass is 16.5. The standard InChI is InChI=1S/C22H40N6O4/c1-19(2)10-14(11-20(3,4)27(19)29)31-17-24-16(23-9)25-18(26-17)32-15-12-21(5,6)28(30)22(7,8)13-15/h14-15,29-30H,10-13H2,1-9H3,(H,23,24,25,26). The van der Waals surface area contributed by atoms with Gasteiger partial charge in [-0.25, -0.2) is 0 Å². The minimum atomic E-state index is -0.444. The Labute approximate surface area is 191 Å². The number of hydroxylamine groups is 4. The van der Waals surface area contributed by atoms with Crippen molar-refractivity contribution in [3.8, 4) is 12.0 Å². The Bertz CT molecular complexity index is 730. The minimum Gasteiger partial charge on any atom is -0.460 e. The molecule has 3 rings (SSSR count). The van der Waals surface area contributed by atoms with Gasteiger partial charge in [0.15, 0.2) is 0 Å². The van der Waals surface area contributed by atoms with Gasteiger partial charge in [0.05, 0.1) is 0 Å². The van der Waals surface area contributed by atoms with Crippen LogP contribution in [-0.4, -0.2) is 76.9 Å². The first-order chi connectivity index (χ1) is 14.6. The Balaban J connectivity index is 1.79. The van der Waals surface area contributed by atoms with Gasteiger partial charge < -0.3 is 25.2 Å². The molecule has 1 aromatic rings. The summed E-state index contributed by atoms with van der Waals surface area (Å²) < 4.78 is 12.4. The molecule has 0 aliphatic carbocycles. The smallest absolute Gasteiger partial charge is 0.324 e. The Morgan fingerprint density at radius 3 is 1.28 bits per heavy atom. The SMILES string of the molecule is CNc1nc(OC2CC(C)(C)N(O)C(C)(C)C2)nc(OC2CC(C)(C)N(O)C(C)(C)C2)n1. The molecule has 2 aliphatic rings. The third-order valence-corrected chi connectivity index (χ3v) is 6.56. The first kappa shape index (κ1) is 24.9. The summed E-state index contributed by atoms with van der Waals surface area (Å²) in [5, 5.41) is 26.9. The molecular weight excluding hydrogens is 412 g/mol. The molecule has 3 heterocycles. The van der Waals surface area contributed by atoms with E-state index in [1.54, 1.807) is 7.05 Å². The second kappa shape index (κ2) is 8.23. The van der Waals surface area contributed by atoms with Crippen molar-refractivity contribution in [1.29, 1.82) is 0 Å². The zero-order valence-corrected chi connectivity index (χ0v) is 20.9. The van der Waals surface area contributed by atoms with E-state index in [0.29, 0.717) is 31.6 Å². The minimum absolute atomic E-state index is 0.168. The second-order valence-electron chi connectivity index (χ2n) is 11.6. The number of nitrogens with zero attached hydrogens (tertiary/aromatic N) is 5. The third-order valence-electron chi connectivity index (χ3n) is 6.56. The summed E-state index contributed by atoms with van der Waals surface area (Å²) in [6, 6.07) is 0.390. The van der Waals surface area contributed by atoms with Crippen LogP contribution >= 0.6 is 0 Å². The summed E-state index contributed by atoms with van der Waals surface area (Å²) in [5.74, 6) is 0.362. The third kappa shape index (κ3) is 5.08. The summed E-state index contributed by atoms with van der Waals surface area (Å²) in [6.45, 7) is 15.9. The number of hydrogen-bond donors (Lipinski definition) is 3. The van der Waals surface area contributed by atoms with Crippen LogP contribution in [0, 0.1) is 0 Å². The summed E-state index contributed by atoms with van der Waals surface area (Å²) in [7, 11) is 1.73. The van der Waals surface area contributed by atoms with E-state index in [9.17, 15) is 10.4 Å². The number of rotatable bonds is 5. The maximum atomic E-state index is 10.5. The number of anilines is 1. The monoisotopic (exact) mass is 452 g/mol. The molecule has 182 valence electrons. The van der Waals surface area contributed by atoms with Crippen LogP contribution in [-0.2, 0) is 0 Å². The molecule has 0 aromatic carbocycles. The van der Waals surface area contributed by atoms with E-state index in [1.807, 2.05) is 55.4 Å². The molecule has 0 spiro atoms. The zero-order valence-electron chi connectivity index (χ0n) is 20.9. The lowest BCUT2D eigenvalue weighted by Crippen LogP contribution is -2.61. The number of nitrogens with one attached hydrogen (secondary N) is 1. The van der Waals surface area contributed by atoms with Gasteiger partial charge >= 0.3 is 12.0 Å². The largest absolute Gasteiger partial charge is 0.460 e. The van der Waals surface area contributed by atoms with Gasteiger partial charge in [0.1, 0.15) is 12.2 Å². The van der Waals surface area contributed by atoms with Crippen molar-refractivity contribution in [1.82, 2.24) is 25.1 Å². The average molecular weight is 453 g/mol. The van der Waals surface area contributed by atoms with Crippen molar-refractivity contribution < 1.29 is 19.9 Å². The summed E-state index contributed by atoms with van der Waals surface area (Å²) in [5.41, 5.74) is -1.78. The highest BCUT2D eigenvalue weighted by Gasteiger charge is 2.47. The van der Waals surface area contributed by atoms with Gasteiger partial charge in [0.2, 0.25) is 5.95 Å². The van der Waals surface area contributed by atoms with Gasteiger partial charge in [-0.2, -0.15) is 20.1 Å². The molecule has 0 radical (unpaired) electrons. The second-order valence-corrected chi connectivity index (χ2v) is 11.6. The van der Waals surface area contributed by atoms with E-state index in [4.69, 9.17) is 9.47 Å². The lowest BCUT2D eigenvalue weighted by molar-refractivity contribution is -0.255. The zero-order chi connectivity index (χ0) is 24.1. The fraction of sp³-hybridized carbons (Fsp3) is 0.864. The topological polar surface area (TPSA) is 116 Å². The lowest BCUT2D eigenvalue weighted by Gasteiger charge is -2.51. The molecule has 0 unspecified atom stereocenters. The Hall–Kier alpha value is -1.75. The van der Waals surface area contributed by atoms with Gasteiger partial charge in [-0.15, -0.1) is 4.98 Å². The lowest BCUT2D eigenvalue weighted by atomic mass is 9.80. The quantitative estimate of drug-likeness (QED) is 0.613. The van der Waals surface area contributed by atoms with E-state index >= 15 is 0 Å². The normalized spacial score (nSPS) is 26.0. The highest BCUT2D eigenvalue weighted by molar-refractivity contribution is 5.26. The van der Waals surface area contributed by atoms with Crippen LogP contribution in [0.4, 0.5) is 5.95 Å². The van der Waals surface area contributed by atoms with Crippen LogP contribution in [0.2, 0.25) is 0 Å². The van der Waals surface area contributed by atoms with E-state index in [2.05, 4.69) is 20.3 Å². The molecule has 10 nitrogen and oxygen atoms in total. The number of ether oxygens (including phenoxy) is 2. The molecule has 1 aromatic heterocycles. The molecule has 0 saturated carbocycles. The molecule has 0 atom stereocenters. The van der Waals surface area contributed by atoms with Crippen LogP contribution < -0.4 is 14.8 Å². The predicted octanol–water partition coefficient (Wildman–Crippen LogP) is 3.49. The van der Waals surface area contributed by atoms with Gasteiger partial charge in [-0.1, -0.05) is 0 Å². The summed E-state index contributed by atoms with van der Waals surface area (Å²) >= 11 is 0. The Kier molecular flexibility index (Phi) is 6.40. The fourth-order valence-electron chi connectivity index (χ4n) is 5.38. The average Bonchev–Trinajstić information content (AvgIpc) is 2.63. The van der Waals surface area contributed by atoms with E-state index in [-0.39, 0.29) is 24.2 Å². The molecule has 10 heteroatoms. The maximum absolute atomic E-state index is 10.5. The first-order valence-electron chi connectivity index (χ1n) is 11.3. The number of aromatic nitrogens is 3. The van der Waals surface area contributed by atoms with Gasteiger partial charge in [0.25, 0.3) is 0 Å². The van der Waals surface area contributed by atoms with Crippen molar-refractivity contribution in [2.24, 2.45) is 0 Å². The Morgan fingerprint density at radius 1 is 0.688 bits per heavy atom. The molecule has 0 bridgehead atoms. The molecule has 2 fully saturated rings. The van der Waals surface area contributed by atoms with E-state index in [0.717, 1.165) is 0 Å². The van der Waals surface area contributed by atoms with Crippen molar-refractivity contribution in [3.63, 3.8) is 0 Å². The maximum Gasteiger partial charge on any atom is 0.324 e. The summed E-state index contributed by atoms with van der Waals surface area (Å²) in [6.07, 6.45) is 2.17. The Morgan fingerprint density at radius 2 is 1.00 bits per heavy atom. The van der Waals surface area contributed by atoms with Crippen molar-refractivity contribution in [3.05, 3.63) is 0 Å². The van der Waals surface area contributed by atoms with Crippen LogP contribution in [0.1, 0.15) is 81.1 Å². The van der Waals surface area contributed by atoms with E-state index in [1.165, 1.54) is 10.1 Å². The van der Waals surface area contributed by atoms with Crippen molar-refractivity contribution >= 4 is 5.95 Å². The van der Waals surface area contributed by atoms with Gasteiger partial charge in [0, 0.05) is 54.9 Å². The van der Waals surface area contributed by atoms with E-state index < -0.39 is 22.2 Å². The molecule has 0 amide bonds. The van der Waals surface area contributed by atoms with Crippen LogP contribution in [0.15, 0.2) is 0 Å². The predicted molar refractivity (Wildman–Crippen MR) is 120 cm³/mol. The van der Waals surface area contributed by atoms with Crippen molar-refractivity contribution in [2.75, 3.05) is 12.4 Å². The van der Waals surface area contributed by atoms with Crippen LogP contribution in [0.25, 0.3) is 0 Å². The van der Waals surface area contributed by atoms with Crippen LogP contribution in [0.5, 0.6) is 12.0 Å². The molecule has 32 heavy (non-hydrogen) atoms. The number of piperidine rings is 2. The fourth-order valence-corrected chi connectivity index (χ4v) is 5.38. The first-order valence-corrected chi connectivity index (χ1v) is 11.3. The van der Waals surface area contributed by atoms with Gasteiger partial charge in [-0.05, 0) is 55.4 Å². The van der Waals surface area contributed by atoms with Gasteiger partial charge in [-0.3, -0.25) is 0 Å². The molecule has 2 saturated heterocycles. The summed E-state index contributed by atoms with van der Waals surface area (Å²) in [4.78, 5) is 13.2. The van der Waals surface area contributed by atoms with Crippen LogP contribution in [0.3, 0.4) is 0 Å². The molecule has 3 N–H and O–H groups in total. The highest BCUT2D eigenvalue weighted by Crippen LogP contribution is 2.39. The number of hydrogen-bond acceptors (Lipinski definition) is 10. The van der Waals surface area contributed by atoms with Crippen molar-refractivity contribution in [2.45, 2.75) is 115 Å². The molecular formula is C22H40N6O4. The molecule has 2 aliphatic heterocycles.